The van der Waals surface area contributed by atoms with Crippen molar-refractivity contribution in [3.8, 4) is 5.75 Å². The Hall–Kier alpha value is -2.67. The van der Waals surface area contributed by atoms with E-state index in [1.807, 2.05) is 34.8 Å². The molecule has 136 valence electrons. The van der Waals surface area contributed by atoms with Gasteiger partial charge in [-0.25, -0.2) is 4.79 Å². The van der Waals surface area contributed by atoms with Gasteiger partial charge in [0, 0.05) is 31.5 Å². The van der Waals surface area contributed by atoms with Crippen molar-refractivity contribution in [1.82, 2.24) is 9.47 Å². The van der Waals surface area contributed by atoms with Crippen molar-refractivity contribution in [1.29, 1.82) is 0 Å². The molecule has 1 aromatic carbocycles. The molecule has 2 N–H and O–H groups in total. The van der Waals surface area contributed by atoms with Crippen LogP contribution in [0.5, 0.6) is 5.75 Å². The third kappa shape index (κ3) is 2.99. The number of nitrogens with zero attached hydrogens (tertiary/aromatic N) is 2. The molecule has 0 saturated carbocycles. The van der Waals surface area contributed by atoms with Crippen molar-refractivity contribution < 1.29 is 14.3 Å². The number of benzene rings is 1. The van der Waals surface area contributed by atoms with Crippen LogP contribution in [0.4, 0.5) is 16.2 Å². The van der Waals surface area contributed by atoms with E-state index in [-0.39, 0.29) is 24.6 Å². The zero-order chi connectivity index (χ0) is 18.3. The maximum Gasteiger partial charge on any atom is 0.322 e. The van der Waals surface area contributed by atoms with Crippen LogP contribution >= 0.6 is 11.6 Å². The quantitative estimate of drug-likeness (QED) is 0.846. The molecule has 1 saturated heterocycles. The molecule has 1 aromatic heterocycles. The number of nitrogens with one attached hydrogen (secondary N) is 2. The Balaban J connectivity index is 1.55. The lowest BCUT2D eigenvalue weighted by Crippen LogP contribution is -2.35. The van der Waals surface area contributed by atoms with Crippen LogP contribution in [0.1, 0.15) is 24.6 Å². The fraction of sp³-hybridized carbons (Fsp3) is 0.333. The number of fused-ring (bicyclic) bond motifs is 1. The summed E-state index contributed by atoms with van der Waals surface area (Å²) < 4.78 is 7.44. The van der Waals surface area contributed by atoms with E-state index >= 15 is 0 Å². The van der Waals surface area contributed by atoms with Crippen LogP contribution in [0.25, 0.3) is 0 Å². The molecule has 0 spiro atoms. The van der Waals surface area contributed by atoms with Crippen molar-refractivity contribution in [2.45, 2.75) is 18.9 Å². The third-order valence-electron chi connectivity index (χ3n) is 4.78. The second kappa shape index (κ2) is 6.57. The molecule has 3 heterocycles. The minimum absolute atomic E-state index is 0.0435. The summed E-state index contributed by atoms with van der Waals surface area (Å²) in [5, 5.41) is 5.92. The monoisotopic (exact) mass is 374 g/mol. The maximum absolute atomic E-state index is 12.8. The number of hydrogen-bond donors (Lipinski definition) is 2. The highest BCUT2D eigenvalue weighted by Crippen LogP contribution is 2.37. The van der Waals surface area contributed by atoms with E-state index in [2.05, 4.69) is 10.6 Å². The number of aromatic nitrogens is 1. The summed E-state index contributed by atoms with van der Waals surface area (Å²) in [6.07, 6.45) is 3.87. The Morgan fingerprint density at radius 1 is 1.42 bits per heavy atom. The van der Waals surface area contributed by atoms with Crippen LogP contribution in [0.3, 0.4) is 0 Å². The van der Waals surface area contributed by atoms with Crippen molar-refractivity contribution in [2.24, 2.45) is 7.05 Å². The maximum atomic E-state index is 12.8. The van der Waals surface area contributed by atoms with E-state index in [0.29, 0.717) is 28.7 Å². The number of aryl methyl sites for hydroxylation is 1. The van der Waals surface area contributed by atoms with Gasteiger partial charge in [0.2, 0.25) is 0 Å². The molecule has 3 amide bonds. The summed E-state index contributed by atoms with van der Waals surface area (Å²) in [7, 11) is 1.98. The number of halogens is 1. The predicted molar refractivity (Wildman–Crippen MR) is 98.7 cm³/mol. The Morgan fingerprint density at radius 3 is 3.04 bits per heavy atom. The average Bonchev–Trinajstić information content (AvgIpc) is 3.24. The smallest absolute Gasteiger partial charge is 0.322 e. The molecule has 7 nitrogen and oxygen atoms in total. The fourth-order valence-electron chi connectivity index (χ4n) is 3.52. The molecule has 4 rings (SSSR count). The van der Waals surface area contributed by atoms with Gasteiger partial charge >= 0.3 is 6.03 Å². The Bertz CT molecular complexity index is 879. The van der Waals surface area contributed by atoms with Gasteiger partial charge in [0.05, 0.1) is 22.4 Å². The van der Waals surface area contributed by atoms with Gasteiger partial charge in [-0.3, -0.25) is 4.79 Å². The number of urea groups is 1. The number of anilines is 2. The van der Waals surface area contributed by atoms with Crippen LogP contribution < -0.4 is 15.4 Å². The number of hydrogen-bond acceptors (Lipinski definition) is 3. The lowest BCUT2D eigenvalue weighted by atomic mass is 10.1. The zero-order valence-electron chi connectivity index (χ0n) is 14.3. The zero-order valence-corrected chi connectivity index (χ0v) is 15.0. The summed E-state index contributed by atoms with van der Waals surface area (Å²) >= 11 is 6.28. The standard InChI is InChI=1S/C18H19ClN4O3/c1-22-6-2-4-14(22)15-5-3-7-23(15)18(25)21-12-9-16-13(8-11(12)19)20-17(24)10-26-16/h2,4,6,8-9,15H,3,5,7,10H2,1H3,(H,20,24)(H,21,25). The predicted octanol–water partition coefficient (Wildman–Crippen LogP) is 3.38. The summed E-state index contributed by atoms with van der Waals surface area (Å²) in [6, 6.07) is 7.09. The highest BCUT2D eigenvalue weighted by Gasteiger charge is 2.32. The van der Waals surface area contributed by atoms with Crippen LogP contribution in [0, 0.1) is 0 Å². The number of amides is 3. The van der Waals surface area contributed by atoms with Gasteiger partial charge in [-0.15, -0.1) is 0 Å². The normalized spacial score (nSPS) is 18.9. The fourth-order valence-corrected chi connectivity index (χ4v) is 3.73. The van der Waals surface area contributed by atoms with E-state index in [1.165, 1.54) is 0 Å². The van der Waals surface area contributed by atoms with Crippen molar-refractivity contribution in [3.63, 3.8) is 0 Å². The molecule has 0 radical (unpaired) electrons. The minimum atomic E-state index is -0.229. The van der Waals surface area contributed by atoms with Gasteiger partial charge < -0.3 is 24.8 Å². The lowest BCUT2D eigenvalue weighted by Gasteiger charge is -2.26. The first-order chi connectivity index (χ1) is 12.5. The van der Waals surface area contributed by atoms with Crippen LogP contribution in [-0.4, -0.2) is 34.6 Å². The second-order valence-corrected chi connectivity index (χ2v) is 6.90. The number of likely N-dealkylation sites (tertiary alicyclic amines) is 1. The SMILES string of the molecule is Cn1cccc1C1CCCN1C(=O)Nc1cc2c(cc1Cl)NC(=O)CO2. The minimum Gasteiger partial charge on any atom is -0.482 e. The van der Waals surface area contributed by atoms with Gasteiger partial charge in [-0.05, 0) is 31.0 Å². The van der Waals surface area contributed by atoms with E-state index in [4.69, 9.17) is 16.3 Å². The van der Waals surface area contributed by atoms with Gasteiger partial charge in [-0.1, -0.05) is 11.6 Å². The molecular formula is C18H19ClN4O3. The van der Waals surface area contributed by atoms with Crippen LogP contribution in [0.2, 0.25) is 5.02 Å². The Kier molecular flexibility index (Phi) is 4.24. The van der Waals surface area contributed by atoms with Crippen molar-refractivity contribution in [3.05, 3.63) is 41.2 Å². The molecule has 0 aliphatic carbocycles. The summed E-state index contributed by atoms with van der Waals surface area (Å²) in [5.74, 6) is 0.262. The summed E-state index contributed by atoms with van der Waals surface area (Å²) in [5.41, 5.74) is 2.08. The number of ether oxygens (including phenoxy) is 1. The second-order valence-electron chi connectivity index (χ2n) is 6.49. The largest absolute Gasteiger partial charge is 0.482 e. The van der Waals surface area contributed by atoms with E-state index in [1.54, 1.807) is 12.1 Å². The molecule has 1 fully saturated rings. The summed E-state index contributed by atoms with van der Waals surface area (Å²) in [4.78, 5) is 26.1. The van der Waals surface area contributed by atoms with Crippen molar-refractivity contribution >= 4 is 34.9 Å². The molecular weight excluding hydrogens is 356 g/mol. The number of carbonyl (C=O) groups is 2. The number of rotatable bonds is 2. The van der Waals surface area contributed by atoms with E-state index in [0.717, 1.165) is 18.5 Å². The molecule has 0 bridgehead atoms. The first kappa shape index (κ1) is 16.8. The average molecular weight is 375 g/mol. The van der Waals surface area contributed by atoms with E-state index in [9.17, 15) is 9.59 Å². The molecule has 26 heavy (non-hydrogen) atoms. The van der Waals surface area contributed by atoms with Gasteiger partial charge in [0.15, 0.2) is 6.61 Å². The molecule has 1 atom stereocenters. The lowest BCUT2D eigenvalue weighted by molar-refractivity contribution is -0.118. The van der Waals surface area contributed by atoms with Crippen molar-refractivity contribution in [2.75, 3.05) is 23.8 Å². The van der Waals surface area contributed by atoms with Gasteiger partial charge in [0.1, 0.15) is 5.75 Å². The highest BCUT2D eigenvalue weighted by molar-refractivity contribution is 6.34. The number of carbonyl (C=O) groups excluding carboxylic acids is 2. The molecule has 8 heteroatoms. The Labute approximate surface area is 155 Å². The van der Waals surface area contributed by atoms with Gasteiger partial charge in [0.25, 0.3) is 5.91 Å². The first-order valence-electron chi connectivity index (χ1n) is 8.48. The van der Waals surface area contributed by atoms with E-state index < -0.39 is 0 Å². The molecule has 1 unspecified atom stereocenters. The molecule has 2 aromatic rings. The summed E-state index contributed by atoms with van der Waals surface area (Å²) in [6.45, 7) is 0.639. The first-order valence-corrected chi connectivity index (χ1v) is 8.86. The Morgan fingerprint density at radius 2 is 2.27 bits per heavy atom. The third-order valence-corrected chi connectivity index (χ3v) is 5.10. The highest BCUT2D eigenvalue weighted by atomic mass is 35.5. The van der Waals surface area contributed by atoms with Crippen LogP contribution in [0.15, 0.2) is 30.5 Å². The van der Waals surface area contributed by atoms with Crippen LogP contribution in [-0.2, 0) is 11.8 Å². The molecule has 2 aliphatic rings. The van der Waals surface area contributed by atoms with Gasteiger partial charge in [-0.2, -0.15) is 0 Å². The molecule has 2 aliphatic heterocycles. The topological polar surface area (TPSA) is 75.6 Å².